The normalized spacial score (nSPS) is 15.1. The number of nitrogens with zero attached hydrogens (tertiary/aromatic N) is 1. The molecule has 120 valence electrons. The molecule has 0 aliphatic carbocycles. The first-order chi connectivity index (χ1) is 9.60. The maximum atomic E-state index is 12.0. The number of hydrogen-bond acceptors (Lipinski definition) is 4. The highest BCUT2D eigenvalue weighted by Crippen LogP contribution is 2.16. The highest BCUT2D eigenvalue weighted by Gasteiger charge is 2.23. The number of sulfonamides is 1. The molecule has 0 saturated heterocycles. The SMILES string of the molecule is CC(C)CCC(C)(O)CNS(=O)(=O)Cc1ccc(Cl)nc1. The monoisotopic (exact) mass is 334 g/mol. The van der Waals surface area contributed by atoms with E-state index >= 15 is 0 Å². The molecular formula is C14H23ClN2O3S. The van der Waals surface area contributed by atoms with E-state index < -0.39 is 15.6 Å². The summed E-state index contributed by atoms with van der Waals surface area (Å²) in [6.45, 7) is 5.77. The third-order valence-corrected chi connectivity index (χ3v) is 4.60. The standard InChI is InChI=1S/C14H23ClN2O3S/c1-11(2)6-7-14(3,18)10-17-21(19,20)9-12-4-5-13(15)16-8-12/h4-5,8,11,17-18H,6-7,9-10H2,1-3H3. The summed E-state index contributed by atoms with van der Waals surface area (Å²) in [6.07, 6.45) is 2.82. The van der Waals surface area contributed by atoms with Crippen LogP contribution in [0.15, 0.2) is 18.3 Å². The second kappa shape index (κ2) is 7.54. The first-order valence-electron chi connectivity index (χ1n) is 6.90. The third-order valence-electron chi connectivity index (χ3n) is 3.08. The highest BCUT2D eigenvalue weighted by atomic mass is 35.5. The zero-order chi connectivity index (χ0) is 16.1. The summed E-state index contributed by atoms with van der Waals surface area (Å²) >= 11 is 5.65. The van der Waals surface area contributed by atoms with Crippen molar-refractivity contribution in [1.29, 1.82) is 0 Å². The molecule has 1 heterocycles. The van der Waals surface area contributed by atoms with E-state index in [9.17, 15) is 13.5 Å². The van der Waals surface area contributed by atoms with Gasteiger partial charge >= 0.3 is 0 Å². The predicted molar refractivity (Wildman–Crippen MR) is 84.6 cm³/mol. The Bertz CT molecular complexity index is 542. The number of aliphatic hydroxyl groups is 1. The Morgan fingerprint density at radius 3 is 2.62 bits per heavy atom. The van der Waals surface area contributed by atoms with Crippen LogP contribution in [0.4, 0.5) is 0 Å². The van der Waals surface area contributed by atoms with Crippen LogP contribution in [0, 0.1) is 5.92 Å². The van der Waals surface area contributed by atoms with Gasteiger partial charge in [0.1, 0.15) is 5.15 Å². The van der Waals surface area contributed by atoms with E-state index in [0.29, 0.717) is 23.1 Å². The lowest BCUT2D eigenvalue weighted by Crippen LogP contribution is -2.41. The van der Waals surface area contributed by atoms with Crippen molar-refractivity contribution >= 4 is 21.6 Å². The Balaban J connectivity index is 2.54. The fourth-order valence-corrected chi connectivity index (χ4v) is 3.07. The minimum atomic E-state index is -3.51. The number of nitrogens with one attached hydrogen (secondary N) is 1. The van der Waals surface area contributed by atoms with Gasteiger partial charge in [-0.25, -0.2) is 18.1 Å². The lowest BCUT2D eigenvalue weighted by Gasteiger charge is -2.24. The molecule has 0 aliphatic rings. The number of rotatable bonds is 8. The van der Waals surface area contributed by atoms with Crippen LogP contribution in [-0.2, 0) is 15.8 Å². The predicted octanol–water partition coefficient (Wildman–Crippen LogP) is 2.34. The number of pyridine rings is 1. The Labute approximate surface area is 131 Å². The van der Waals surface area contributed by atoms with Crippen LogP contribution in [0.3, 0.4) is 0 Å². The van der Waals surface area contributed by atoms with Crippen molar-refractivity contribution in [3.8, 4) is 0 Å². The van der Waals surface area contributed by atoms with Crippen molar-refractivity contribution in [1.82, 2.24) is 9.71 Å². The van der Waals surface area contributed by atoms with Crippen LogP contribution in [0.25, 0.3) is 0 Å². The molecule has 0 saturated carbocycles. The quantitative estimate of drug-likeness (QED) is 0.715. The molecule has 0 spiro atoms. The van der Waals surface area contributed by atoms with Crippen molar-refractivity contribution in [3.05, 3.63) is 29.0 Å². The maximum absolute atomic E-state index is 12.0. The molecular weight excluding hydrogens is 312 g/mol. The minimum Gasteiger partial charge on any atom is -0.389 e. The molecule has 1 atom stereocenters. The summed E-state index contributed by atoms with van der Waals surface area (Å²) in [7, 11) is -3.51. The Morgan fingerprint density at radius 1 is 1.43 bits per heavy atom. The van der Waals surface area contributed by atoms with Gasteiger partial charge in [0.15, 0.2) is 0 Å². The van der Waals surface area contributed by atoms with Gasteiger partial charge < -0.3 is 5.11 Å². The van der Waals surface area contributed by atoms with Crippen LogP contribution < -0.4 is 4.72 Å². The van der Waals surface area contributed by atoms with Crippen LogP contribution >= 0.6 is 11.6 Å². The van der Waals surface area contributed by atoms with Gasteiger partial charge in [0.25, 0.3) is 0 Å². The van der Waals surface area contributed by atoms with Crippen molar-refractivity contribution in [2.75, 3.05) is 6.54 Å². The molecule has 0 aliphatic heterocycles. The summed E-state index contributed by atoms with van der Waals surface area (Å²) < 4.78 is 26.4. The molecule has 1 aromatic heterocycles. The molecule has 0 aromatic carbocycles. The van der Waals surface area contributed by atoms with E-state index in [-0.39, 0.29) is 12.3 Å². The molecule has 0 fully saturated rings. The van der Waals surface area contributed by atoms with E-state index in [1.54, 1.807) is 19.1 Å². The van der Waals surface area contributed by atoms with Crippen LogP contribution in [0.1, 0.15) is 39.2 Å². The van der Waals surface area contributed by atoms with Gasteiger partial charge in [-0.05, 0) is 37.3 Å². The summed E-state index contributed by atoms with van der Waals surface area (Å²) in [6, 6.07) is 3.16. The molecule has 1 aromatic rings. The number of hydrogen-bond donors (Lipinski definition) is 2. The van der Waals surface area contributed by atoms with Gasteiger partial charge in [-0.2, -0.15) is 0 Å². The zero-order valence-corrected chi connectivity index (χ0v) is 14.2. The van der Waals surface area contributed by atoms with Gasteiger partial charge in [-0.3, -0.25) is 0 Å². The summed E-state index contributed by atoms with van der Waals surface area (Å²) in [4.78, 5) is 3.84. The Hall–Kier alpha value is -0.690. The van der Waals surface area contributed by atoms with Gasteiger partial charge in [-0.15, -0.1) is 0 Å². The minimum absolute atomic E-state index is 0.00305. The number of aromatic nitrogens is 1. The van der Waals surface area contributed by atoms with Gasteiger partial charge in [-0.1, -0.05) is 31.5 Å². The zero-order valence-electron chi connectivity index (χ0n) is 12.6. The Kier molecular flexibility index (Phi) is 6.59. The molecule has 21 heavy (non-hydrogen) atoms. The van der Waals surface area contributed by atoms with E-state index in [2.05, 4.69) is 23.6 Å². The molecule has 0 amide bonds. The molecule has 2 N–H and O–H groups in total. The molecule has 1 rings (SSSR count). The number of halogens is 1. The summed E-state index contributed by atoms with van der Waals surface area (Å²) in [5, 5.41) is 10.5. The molecule has 1 unspecified atom stereocenters. The van der Waals surface area contributed by atoms with Gasteiger partial charge in [0.2, 0.25) is 10.0 Å². The summed E-state index contributed by atoms with van der Waals surface area (Å²) in [5.41, 5.74) is -0.496. The van der Waals surface area contributed by atoms with E-state index in [1.165, 1.54) is 6.20 Å². The third kappa shape index (κ3) is 7.76. The second-order valence-electron chi connectivity index (χ2n) is 6.00. The average Bonchev–Trinajstić information content (AvgIpc) is 2.37. The van der Waals surface area contributed by atoms with Crippen molar-refractivity contribution in [2.24, 2.45) is 5.92 Å². The lowest BCUT2D eigenvalue weighted by molar-refractivity contribution is 0.0506. The average molecular weight is 335 g/mol. The van der Waals surface area contributed by atoms with E-state index in [4.69, 9.17) is 11.6 Å². The molecule has 0 radical (unpaired) electrons. The lowest BCUT2D eigenvalue weighted by atomic mass is 9.96. The van der Waals surface area contributed by atoms with Crippen molar-refractivity contribution in [2.45, 2.75) is 45.0 Å². The maximum Gasteiger partial charge on any atom is 0.215 e. The van der Waals surface area contributed by atoms with Gasteiger partial charge in [0, 0.05) is 12.7 Å². The first-order valence-corrected chi connectivity index (χ1v) is 8.93. The van der Waals surface area contributed by atoms with Crippen LogP contribution in [0.2, 0.25) is 5.15 Å². The van der Waals surface area contributed by atoms with Crippen LogP contribution in [0.5, 0.6) is 0 Å². The smallest absolute Gasteiger partial charge is 0.215 e. The largest absolute Gasteiger partial charge is 0.389 e. The summed E-state index contributed by atoms with van der Waals surface area (Å²) in [5.74, 6) is 0.283. The molecule has 5 nitrogen and oxygen atoms in total. The van der Waals surface area contributed by atoms with Crippen molar-refractivity contribution < 1.29 is 13.5 Å². The fraction of sp³-hybridized carbons (Fsp3) is 0.643. The fourth-order valence-electron chi connectivity index (χ4n) is 1.72. The highest BCUT2D eigenvalue weighted by molar-refractivity contribution is 7.88. The van der Waals surface area contributed by atoms with E-state index in [0.717, 1.165) is 6.42 Å². The van der Waals surface area contributed by atoms with Crippen molar-refractivity contribution in [3.63, 3.8) is 0 Å². The van der Waals surface area contributed by atoms with Gasteiger partial charge in [0.05, 0.1) is 11.4 Å². The molecule has 7 heteroatoms. The first kappa shape index (κ1) is 18.4. The van der Waals surface area contributed by atoms with Crippen LogP contribution in [-0.4, -0.2) is 30.7 Å². The second-order valence-corrected chi connectivity index (χ2v) is 8.19. The van der Waals surface area contributed by atoms with E-state index in [1.807, 2.05) is 0 Å². The molecule has 0 bridgehead atoms. The topological polar surface area (TPSA) is 79.3 Å². The Morgan fingerprint density at radius 2 is 2.10 bits per heavy atom.